The van der Waals surface area contributed by atoms with Gasteiger partial charge in [0, 0.05) is 24.1 Å². The molecule has 1 aromatic carbocycles. The van der Waals surface area contributed by atoms with E-state index in [1.165, 1.54) is 0 Å². The van der Waals surface area contributed by atoms with Crippen molar-refractivity contribution in [3.8, 4) is 0 Å². The lowest BCUT2D eigenvalue weighted by Crippen LogP contribution is -2.51. The number of aryl methyl sites for hydroxylation is 1. The number of rotatable bonds is 1. The monoisotopic (exact) mass is 332 g/mol. The lowest BCUT2D eigenvalue weighted by molar-refractivity contribution is 0.538. The molecule has 0 aliphatic carbocycles. The average Bonchev–Trinajstić information content (AvgIpc) is 2.26. The van der Waals surface area contributed by atoms with Gasteiger partial charge >= 0.3 is 0 Å². The van der Waals surface area contributed by atoms with Crippen molar-refractivity contribution < 1.29 is 8.42 Å². The first-order chi connectivity index (χ1) is 8.30. The van der Waals surface area contributed by atoms with Crippen LogP contribution in [-0.4, -0.2) is 33.3 Å². The molecule has 0 fully saturated rings. The fourth-order valence-corrected chi connectivity index (χ4v) is 5.60. The molecule has 0 radical (unpaired) electrons. The number of anilines is 1. The second kappa shape index (κ2) is 4.51. The zero-order valence-electron chi connectivity index (χ0n) is 10.6. The minimum atomic E-state index is -3.36. The van der Waals surface area contributed by atoms with Crippen LogP contribution in [0.4, 0.5) is 5.69 Å². The second-order valence-electron chi connectivity index (χ2n) is 4.76. The molecule has 1 heterocycles. The highest BCUT2D eigenvalue weighted by molar-refractivity contribution is 9.10. The van der Waals surface area contributed by atoms with Gasteiger partial charge in [0.2, 0.25) is 0 Å². The van der Waals surface area contributed by atoms with E-state index < -0.39 is 15.1 Å². The molecule has 18 heavy (non-hydrogen) atoms. The molecule has 0 bridgehead atoms. The van der Waals surface area contributed by atoms with Gasteiger partial charge in [-0.25, -0.2) is 8.42 Å². The Bertz CT molecular complexity index is 586. The number of benzene rings is 1. The van der Waals surface area contributed by atoms with Crippen molar-refractivity contribution in [2.24, 2.45) is 5.73 Å². The summed E-state index contributed by atoms with van der Waals surface area (Å²) in [7, 11) is -1.45. The zero-order chi connectivity index (χ0) is 13.7. The van der Waals surface area contributed by atoms with Crippen LogP contribution in [0.25, 0.3) is 0 Å². The van der Waals surface area contributed by atoms with E-state index in [-0.39, 0.29) is 12.6 Å². The van der Waals surface area contributed by atoms with Gasteiger partial charge in [-0.3, -0.25) is 0 Å². The summed E-state index contributed by atoms with van der Waals surface area (Å²) in [6, 6.07) is 3.52. The Balaban J connectivity index is 2.79. The molecule has 100 valence electrons. The van der Waals surface area contributed by atoms with Crippen LogP contribution in [0.1, 0.15) is 12.5 Å². The average molecular weight is 333 g/mol. The molecule has 2 atom stereocenters. The van der Waals surface area contributed by atoms with Crippen LogP contribution in [0.2, 0.25) is 0 Å². The Morgan fingerprint density at radius 2 is 2.06 bits per heavy atom. The number of nitrogens with two attached hydrogens (primary N) is 1. The Kier molecular flexibility index (Phi) is 3.46. The van der Waals surface area contributed by atoms with Gasteiger partial charge in [0.25, 0.3) is 0 Å². The Hall–Kier alpha value is -0.590. The number of sulfone groups is 1. The maximum absolute atomic E-state index is 12.6. The lowest BCUT2D eigenvalue weighted by atomic mass is 10.1. The highest BCUT2D eigenvalue weighted by Crippen LogP contribution is 2.41. The van der Waals surface area contributed by atoms with E-state index in [1.807, 2.05) is 31.9 Å². The summed E-state index contributed by atoms with van der Waals surface area (Å²) >= 11 is 3.46. The number of fused-ring (bicyclic) bond motifs is 1. The highest BCUT2D eigenvalue weighted by atomic mass is 79.9. The molecule has 0 aromatic heterocycles. The predicted octanol–water partition coefficient (Wildman–Crippen LogP) is 1.70. The fourth-order valence-electron chi connectivity index (χ4n) is 2.46. The first kappa shape index (κ1) is 13.8. The largest absolute Gasteiger partial charge is 0.369 e. The Labute approximate surface area is 116 Å². The Morgan fingerprint density at radius 1 is 1.44 bits per heavy atom. The van der Waals surface area contributed by atoms with Crippen LogP contribution < -0.4 is 10.6 Å². The molecule has 4 nitrogen and oxygen atoms in total. The molecule has 2 N–H and O–H groups in total. The van der Waals surface area contributed by atoms with Crippen LogP contribution in [0, 0.1) is 6.92 Å². The summed E-state index contributed by atoms with van der Waals surface area (Å²) in [5.41, 5.74) is 7.30. The maximum Gasteiger partial charge on any atom is 0.186 e. The van der Waals surface area contributed by atoms with Crippen LogP contribution >= 0.6 is 15.9 Å². The maximum atomic E-state index is 12.6. The van der Waals surface area contributed by atoms with E-state index in [0.29, 0.717) is 4.90 Å². The third kappa shape index (κ3) is 1.87. The molecule has 0 saturated heterocycles. The predicted molar refractivity (Wildman–Crippen MR) is 76.8 cm³/mol. The topological polar surface area (TPSA) is 63.4 Å². The molecule has 6 heteroatoms. The van der Waals surface area contributed by atoms with Gasteiger partial charge in [-0.1, -0.05) is 0 Å². The SMILES string of the molecule is Cc1cc(Br)c2c(c1)S(=O)(=O)C(CN)C(C)N2C. The molecule has 0 spiro atoms. The van der Waals surface area contributed by atoms with Gasteiger partial charge in [-0.05, 0) is 47.5 Å². The van der Waals surface area contributed by atoms with Crippen LogP contribution in [0.15, 0.2) is 21.5 Å². The van der Waals surface area contributed by atoms with Crippen molar-refractivity contribution in [3.05, 3.63) is 22.2 Å². The summed E-state index contributed by atoms with van der Waals surface area (Å²) < 4.78 is 25.9. The fraction of sp³-hybridized carbons (Fsp3) is 0.500. The van der Waals surface area contributed by atoms with E-state index in [2.05, 4.69) is 15.9 Å². The second-order valence-corrected chi connectivity index (χ2v) is 7.75. The van der Waals surface area contributed by atoms with E-state index in [9.17, 15) is 8.42 Å². The summed E-state index contributed by atoms with van der Waals surface area (Å²) in [6.07, 6.45) is 0. The minimum Gasteiger partial charge on any atom is -0.369 e. The molecular formula is C12H17BrN2O2S. The third-order valence-electron chi connectivity index (χ3n) is 3.61. The quantitative estimate of drug-likeness (QED) is 0.850. The smallest absolute Gasteiger partial charge is 0.186 e. The van der Waals surface area contributed by atoms with E-state index in [0.717, 1.165) is 15.7 Å². The summed E-state index contributed by atoms with van der Waals surface area (Å²) in [6.45, 7) is 3.92. The first-order valence-corrected chi connectivity index (χ1v) is 8.11. The molecular weight excluding hydrogens is 316 g/mol. The van der Waals surface area contributed by atoms with Gasteiger partial charge in [-0.15, -0.1) is 0 Å². The van der Waals surface area contributed by atoms with Gasteiger partial charge in [0.05, 0.1) is 15.8 Å². The number of nitrogens with zero attached hydrogens (tertiary/aromatic N) is 1. The molecule has 0 amide bonds. The normalized spacial score (nSPS) is 25.9. The van der Waals surface area contributed by atoms with Crippen molar-refractivity contribution in [2.75, 3.05) is 18.5 Å². The van der Waals surface area contributed by atoms with Gasteiger partial charge in [0.1, 0.15) is 0 Å². The summed E-state index contributed by atoms with van der Waals surface area (Å²) in [5, 5.41) is -0.552. The van der Waals surface area contributed by atoms with Crippen LogP contribution in [0.3, 0.4) is 0 Å². The third-order valence-corrected chi connectivity index (χ3v) is 6.52. The van der Waals surface area contributed by atoms with Gasteiger partial charge in [0.15, 0.2) is 9.84 Å². The molecule has 1 aliphatic rings. The summed E-state index contributed by atoms with van der Waals surface area (Å²) in [5.74, 6) is 0. The molecule has 1 aliphatic heterocycles. The summed E-state index contributed by atoms with van der Waals surface area (Å²) in [4.78, 5) is 2.36. The van der Waals surface area contributed by atoms with E-state index in [1.54, 1.807) is 6.07 Å². The standard InChI is InChI=1S/C12H17BrN2O2S/c1-7-4-9(13)12-10(5-7)18(16,17)11(6-14)8(2)15(12)3/h4-5,8,11H,6,14H2,1-3H3. The number of halogens is 1. The number of hydrogen-bond donors (Lipinski definition) is 1. The minimum absolute atomic E-state index is 0.133. The molecule has 2 unspecified atom stereocenters. The van der Waals surface area contributed by atoms with Gasteiger partial charge < -0.3 is 10.6 Å². The van der Waals surface area contributed by atoms with Crippen LogP contribution in [0.5, 0.6) is 0 Å². The van der Waals surface area contributed by atoms with Gasteiger partial charge in [-0.2, -0.15) is 0 Å². The van der Waals surface area contributed by atoms with Crippen molar-refractivity contribution in [3.63, 3.8) is 0 Å². The number of hydrogen-bond acceptors (Lipinski definition) is 4. The lowest BCUT2D eigenvalue weighted by Gasteiger charge is -2.39. The van der Waals surface area contributed by atoms with E-state index >= 15 is 0 Å². The zero-order valence-corrected chi connectivity index (χ0v) is 13.0. The van der Waals surface area contributed by atoms with Crippen molar-refractivity contribution in [1.82, 2.24) is 0 Å². The molecule has 2 rings (SSSR count). The van der Waals surface area contributed by atoms with Crippen molar-refractivity contribution in [1.29, 1.82) is 0 Å². The molecule has 0 saturated carbocycles. The Morgan fingerprint density at radius 3 is 2.61 bits per heavy atom. The first-order valence-electron chi connectivity index (χ1n) is 5.77. The highest BCUT2D eigenvalue weighted by Gasteiger charge is 2.41. The molecule has 1 aromatic rings. The van der Waals surface area contributed by atoms with Crippen LogP contribution in [-0.2, 0) is 9.84 Å². The van der Waals surface area contributed by atoms with Crippen molar-refractivity contribution in [2.45, 2.75) is 30.0 Å². The van der Waals surface area contributed by atoms with Crippen molar-refractivity contribution >= 4 is 31.5 Å². The van der Waals surface area contributed by atoms with E-state index in [4.69, 9.17) is 5.73 Å².